The first kappa shape index (κ1) is 20.3. The maximum absolute atomic E-state index is 14.5. The lowest BCUT2D eigenvalue weighted by molar-refractivity contribution is 0.255. The second kappa shape index (κ2) is 9.14. The lowest BCUT2D eigenvalue weighted by Gasteiger charge is -2.27. The van der Waals surface area contributed by atoms with Crippen LogP contribution < -0.4 is 0 Å². The molecule has 0 saturated heterocycles. The Morgan fingerprint density at radius 3 is 2.11 bits per heavy atom. The molecule has 3 rings (SSSR count). The molecule has 146 valence electrons. The van der Waals surface area contributed by atoms with Crippen molar-refractivity contribution in [1.82, 2.24) is 0 Å². The molecule has 0 nitrogen and oxygen atoms in total. The van der Waals surface area contributed by atoms with Crippen LogP contribution in [0.2, 0.25) is 5.02 Å². The van der Waals surface area contributed by atoms with Crippen LogP contribution >= 0.6 is 11.6 Å². The molecule has 0 N–H and O–H groups in total. The summed E-state index contributed by atoms with van der Waals surface area (Å²) in [5.74, 6) is -0.367. The molecule has 2 aromatic rings. The van der Waals surface area contributed by atoms with Crippen LogP contribution in [-0.4, -0.2) is 0 Å². The van der Waals surface area contributed by atoms with E-state index in [0.717, 1.165) is 30.7 Å². The van der Waals surface area contributed by atoms with Crippen molar-refractivity contribution in [3.05, 3.63) is 58.4 Å². The Balaban J connectivity index is 1.62. The Hall–Kier alpha value is -1.48. The fourth-order valence-electron chi connectivity index (χ4n) is 4.22. The quantitative estimate of drug-likeness (QED) is 0.466. The number of halogens is 4. The number of rotatable bonds is 6. The maximum atomic E-state index is 14.5. The summed E-state index contributed by atoms with van der Waals surface area (Å²) in [6, 6.07) is 6.56. The van der Waals surface area contributed by atoms with E-state index in [4.69, 9.17) is 11.6 Å². The molecular weight excluding hydrogens is 369 g/mol. The zero-order valence-electron chi connectivity index (χ0n) is 15.7. The number of hydrogen-bond donors (Lipinski definition) is 0. The molecule has 27 heavy (non-hydrogen) atoms. The van der Waals surface area contributed by atoms with Gasteiger partial charge in [0.15, 0.2) is 0 Å². The molecule has 1 saturated carbocycles. The Morgan fingerprint density at radius 1 is 0.889 bits per heavy atom. The van der Waals surface area contributed by atoms with Crippen LogP contribution in [0.4, 0.5) is 13.2 Å². The van der Waals surface area contributed by atoms with Gasteiger partial charge in [-0.25, -0.2) is 13.2 Å². The van der Waals surface area contributed by atoms with E-state index < -0.39 is 17.5 Å². The zero-order chi connectivity index (χ0) is 19.4. The van der Waals surface area contributed by atoms with Gasteiger partial charge in [0.05, 0.1) is 10.6 Å². The maximum Gasteiger partial charge on any atom is 0.142 e. The van der Waals surface area contributed by atoms with Gasteiger partial charge >= 0.3 is 0 Å². The van der Waals surface area contributed by atoms with Crippen molar-refractivity contribution in [2.75, 3.05) is 0 Å². The summed E-state index contributed by atoms with van der Waals surface area (Å²) in [5, 5.41) is -0.0656. The molecule has 0 aromatic heterocycles. The van der Waals surface area contributed by atoms with Crippen molar-refractivity contribution >= 4 is 11.6 Å². The van der Waals surface area contributed by atoms with E-state index in [1.165, 1.54) is 56.4 Å². The third-order valence-corrected chi connectivity index (χ3v) is 6.24. The molecule has 0 heterocycles. The number of benzene rings is 2. The second-order valence-corrected chi connectivity index (χ2v) is 8.16. The minimum atomic E-state index is -0.685. The predicted molar refractivity (Wildman–Crippen MR) is 105 cm³/mol. The van der Waals surface area contributed by atoms with Gasteiger partial charge in [-0.1, -0.05) is 63.1 Å². The van der Waals surface area contributed by atoms with Crippen molar-refractivity contribution in [3.8, 4) is 11.1 Å². The second-order valence-electron chi connectivity index (χ2n) is 7.75. The van der Waals surface area contributed by atoms with Gasteiger partial charge in [-0.3, -0.25) is 0 Å². The van der Waals surface area contributed by atoms with Crippen LogP contribution in [0, 0.1) is 29.3 Å². The molecule has 1 fully saturated rings. The summed E-state index contributed by atoms with van der Waals surface area (Å²) >= 11 is 5.65. The van der Waals surface area contributed by atoms with Crippen molar-refractivity contribution in [2.24, 2.45) is 11.8 Å². The van der Waals surface area contributed by atoms with E-state index in [-0.39, 0.29) is 16.1 Å². The minimum Gasteiger partial charge on any atom is -0.206 e. The lowest BCUT2D eigenvalue weighted by Crippen LogP contribution is -2.14. The highest BCUT2D eigenvalue weighted by molar-refractivity contribution is 6.30. The fraction of sp³-hybridized carbons (Fsp3) is 0.478. The van der Waals surface area contributed by atoms with Crippen LogP contribution in [-0.2, 0) is 6.42 Å². The van der Waals surface area contributed by atoms with Crippen molar-refractivity contribution in [3.63, 3.8) is 0 Å². The Labute approximate surface area is 164 Å². The van der Waals surface area contributed by atoms with Crippen molar-refractivity contribution in [2.45, 2.75) is 58.3 Å². The van der Waals surface area contributed by atoms with Crippen molar-refractivity contribution < 1.29 is 13.2 Å². The third-order valence-electron chi connectivity index (χ3n) is 5.93. The molecule has 0 spiro atoms. The average molecular weight is 395 g/mol. The van der Waals surface area contributed by atoms with Gasteiger partial charge in [-0.05, 0) is 60.1 Å². The molecular formula is C23H26ClF3. The first-order chi connectivity index (χ1) is 13.0. The van der Waals surface area contributed by atoms with E-state index in [2.05, 4.69) is 6.92 Å². The van der Waals surface area contributed by atoms with Gasteiger partial charge in [-0.15, -0.1) is 0 Å². The highest BCUT2D eigenvalue weighted by atomic mass is 35.5. The smallest absolute Gasteiger partial charge is 0.142 e. The average Bonchev–Trinajstić information content (AvgIpc) is 2.64. The number of hydrogen-bond acceptors (Lipinski definition) is 0. The monoisotopic (exact) mass is 394 g/mol. The van der Waals surface area contributed by atoms with Gasteiger partial charge in [-0.2, -0.15) is 0 Å². The van der Waals surface area contributed by atoms with Gasteiger partial charge < -0.3 is 0 Å². The molecule has 1 aliphatic carbocycles. The first-order valence-corrected chi connectivity index (χ1v) is 10.3. The van der Waals surface area contributed by atoms with Crippen molar-refractivity contribution in [1.29, 1.82) is 0 Å². The Bertz CT molecular complexity index is 756. The highest BCUT2D eigenvalue weighted by Gasteiger charge is 2.20. The molecule has 0 unspecified atom stereocenters. The molecule has 4 heteroatoms. The van der Waals surface area contributed by atoms with Crippen LogP contribution in [0.5, 0.6) is 0 Å². The molecule has 0 atom stereocenters. The molecule has 0 amide bonds. The van der Waals surface area contributed by atoms with E-state index in [1.54, 1.807) is 0 Å². The first-order valence-electron chi connectivity index (χ1n) is 9.91. The van der Waals surface area contributed by atoms with Crippen LogP contribution in [0.25, 0.3) is 11.1 Å². The van der Waals surface area contributed by atoms with Crippen LogP contribution in [0.15, 0.2) is 30.3 Å². The summed E-state index contributed by atoms with van der Waals surface area (Å²) in [6.07, 6.45) is 9.18. The SMILES string of the molecule is CCC1CCC(CCCc2cc(F)c(-c3ccc(Cl)c(F)c3)c(F)c2)CC1. The number of aryl methyl sites for hydroxylation is 1. The lowest BCUT2D eigenvalue weighted by atomic mass is 9.79. The topological polar surface area (TPSA) is 0 Å². The fourth-order valence-corrected chi connectivity index (χ4v) is 4.34. The Kier molecular flexibility index (Phi) is 6.86. The van der Waals surface area contributed by atoms with E-state index in [1.807, 2.05) is 0 Å². The predicted octanol–water partition coefficient (Wildman–Crippen LogP) is 7.96. The summed E-state index contributed by atoms with van der Waals surface area (Å²) in [6.45, 7) is 2.26. The zero-order valence-corrected chi connectivity index (χ0v) is 16.5. The third kappa shape index (κ3) is 5.07. The van der Waals surface area contributed by atoms with Gasteiger partial charge in [0, 0.05) is 0 Å². The molecule has 0 radical (unpaired) electrons. The summed E-state index contributed by atoms with van der Waals surface area (Å²) in [5.41, 5.74) is 0.615. The van der Waals surface area contributed by atoms with E-state index in [9.17, 15) is 13.2 Å². The largest absolute Gasteiger partial charge is 0.206 e. The normalized spacial score (nSPS) is 20.0. The molecule has 2 aromatic carbocycles. The standard InChI is InChI=1S/C23H26ClF3/c1-2-15-6-8-16(9-7-15)4-3-5-17-12-21(26)23(22(27)13-17)18-10-11-19(24)20(25)14-18/h10-16H,2-9H2,1H3. The summed E-state index contributed by atoms with van der Waals surface area (Å²) in [4.78, 5) is 0. The van der Waals surface area contributed by atoms with Gasteiger partial charge in [0.1, 0.15) is 17.5 Å². The summed E-state index contributed by atoms with van der Waals surface area (Å²) in [7, 11) is 0. The van der Waals surface area contributed by atoms with Gasteiger partial charge in [0.25, 0.3) is 0 Å². The van der Waals surface area contributed by atoms with E-state index >= 15 is 0 Å². The minimum absolute atomic E-state index is 0.0656. The molecule has 0 bridgehead atoms. The molecule has 1 aliphatic rings. The van der Waals surface area contributed by atoms with Crippen LogP contribution in [0.3, 0.4) is 0 Å². The highest BCUT2D eigenvalue weighted by Crippen LogP contribution is 2.34. The Morgan fingerprint density at radius 2 is 1.52 bits per heavy atom. The van der Waals surface area contributed by atoms with E-state index in [0.29, 0.717) is 12.0 Å². The van der Waals surface area contributed by atoms with Gasteiger partial charge in [0.2, 0.25) is 0 Å². The van der Waals surface area contributed by atoms with Crippen LogP contribution in [0.1, 0.15) is 57.4 Å². The summed E-state index contributed by atoms with van der Waals surface area (Å²) < 4.78 is 42.6. The molecule has 0 aliphatic heterocycles.